The van der Waals surface area contributed by atoms with Crippen LogP contribution in [0.3, 0.4) is 0 Å². The summed E-state index contributed by atoms with van der Waals surface area (Å²) >= 11 is 0. The Morgan fingerprint density at radius 3 is 2.75 bits per heavy atom. The molecule has 1 aliphatic carbocycles. The second kappa shape index (κ2) is 6.54. The topological polar surface area (TPSA) is 61.5 Å². The van der Waals surface area contributed by atoms with Crippen molar-refractivity contribution in [3.63, 3.8) is 0 Å². The molecule has 1 aromatic heterocycles. The molecule has 0 unspecified atom stereocenters. The Bertz CT molecular complexity index is 959. The number of hydrogen-bond donors (Lipinski definition) is 1. The molecular formula is C22H28N4O2. The van der Waals surface area contributed by atoms with Crippen LogP contribution in [0, 0.1) is 0 Å². The largest absolute Gasteiger partial charge is 0.497 e. The molecule has 5 rings (SSSR count). The molecule has 3 aliphatic rings. The molecule has 2 aliphatic heterocycles. The molecule has 6 heteroatoms. The number of H-pyrrole nitrogens is 1. The first-order valence-corrected chi connectivity index (χ1v) is 10.4. The van der Waals surface area contributed by atoms with Gasteiger partial charge >= 0.3 is 0 Å². The number of aromatic amines is 1. The molecule has 1 fully saturated rings. The van der Waals surface area contributed by atoms with Gasteiger partial charge in [-0.1, -0.05) is 0 Å². The van der Waals surface area contributed by atoms with Gasteiger partial charge in [0.05, 0.1) is 12.8 Å². The van der Waals surface area contributed by atoms with Crippen LogP contribution in [-0.2, 0) is 18.3 Å². The lowest BCUT2D eigenvalue weighted by atomic mass is 9.74. The van der Waals surface area contributed by atoms with E-state index in [1.807, 2.05) is 6.07 Å². The lowest BCUT2D eigenvalue weighted by Gasteiger charge is -2.40. The number of ether oxygens (including phenoxy) is 1. The molecule has 0 amide bonds. The Morgan fingerprint density at radius 1 is 1.18 bits per heavy atom. The fourth-order valence-corrected chi connectivity index (χ4v) is 5.34. The Hall–Kier alpha value is -2.50. The van der Waals surface area contributed by atoms with Crippen molar-refractivity contribution in [3.8, 4) is 5.75 Å². The Balaban J connectivity index is 1.41. The van der Waals surface area contributed by atoms with Gasteiger partial charge in [-0.3, -0.25) is 9.78 Å². The summed E-state index contributed by atoms with van der Waals surface area (Å²) in [5.74, 6) is 1.69. The first kappa shape index (κ1) is 17.6. The van der Waals surface area contributed by atoms with Crippen molar-refractivity contribution in [2.45, 2.75) is 43.9 Å². The third-order valence-electron chi connectivity index (χ3n) is 6.93. The summed E-state index contributed by atoms with van der Waals surface area (Å²) in [4.78, 5) is 25.0. The number of likely N-dealkylation sites (N-methyl/N-ethyl adjacent to an activating group) is 1. The number of aromatic nitrogens is 2. The Morgan fingerprint density at radius 2 is 1.96 bits per heavy atom. The zero-order chi connectivity index (χ0) is 19.3. The summed E-state index contributed by atoms with van der Waals surface area (Å²) in [6.07, 6.45) is 6.14. The van der Waals surface area contributed by atoms with Crippen LogP contribution in [0.4, 0.5) is 11.6 Å². The minimum absolute atomic E-state index is 0.0654. The summed E-state index contributed by atoms with van der Waals surface area (Å²) in [7, 11) is 3.91. The van der Waals surface area contributed by atoms with Gasteiger partial charge < -0.3 is 14.5 Å². The van der Waals surface area contributed by atoms with E-state index in [4.69, 9.17) is 9.72 Å². The molecule has 0 bridgehead atoms. The predicted molar refractivity (Wildman–Crippen MR) is 111 cm³/mol. The number of piperidine rings is 1. The van der Waals surface area contributed by atoms with Crippen molar-refractivity contribution in [3.05, 3.63) is 45.4 Å². The highest BCUT2D eigenvalue weighted by molar-refractivity contribution is 5.64. The van der Waals surface area contributed by atoms with Crippen LogP contribution in [0.5, 0.6) is 5.75 Å². The van der Waals surface area contributed by atoms with Gasteiger partial charge in [-0.15, -0.1) is 0 Å². The van der Waals surface area contributed by atoms with Crippen molar-refractivity contribution < 1.29 is 4.74 Å². The molecule has 0 radical (unpaired) electrons. The van der Waals surface area contributed by atoms with Crippen molar-refractivity contribution in [2.24, 2.45) is 0 Å². The van der Waals surface area contributed by atoms with Gasteiger partial charge in [0.15, 0.2) is 0 Å². The van der Waals surface area contributed by atoms with E-state index in [9.17, 15) is 4.79 Å². The van der Waals surface area contributed by atoms with E-state index in [1.54, 1.807) is 7.11 Å². The molecular weight excluding hydrogens is 352 g/mol. The smallest absolute Gasteiger partial charge is 0.255 e. The Labute approximate surface area is 165 Å². The zero-order valence-corrected chi connectivity index (χ0v) is 16.8. The highest BCUT2D eigenvalue weighted by Crippen LogP contribution is 2.47. The highest BCUT2D eigenvalue weighted by Gasteiger charge is 2.44. The van der Waals surface area contributed by atoms with E-state index in [-0.39, 0.29) is 11.0 Å². The number of hydrogen-bond acceptors (Lipinski definition) is 5. The second-order valence-corrected chi connectivity index (χ2v) is 8.53. The standard InChI is InChI=1S/C22H28N4O2/c1-25-14-22(17-13-15(28-2)7-8-19(17)25)9-11-26(12-10-22)21-23-18-6-4-3-5-16(18)20(27)24-21/h7-8,13H,3-6,9-12,14H2,1-2H3,(H,23,24,27). The quantitative estimate of drug-likeness (QED) is 0.868. The average Bonchev–Trinajstić information content (AvgIpc) is 2.99. The number of aryl methyl sites for hydroxylation is 1. The van der Waals surface area contributed by atoms with E-state index in [0.717, 1.165) is 81.1 Å². The number of methoxy groups -OCH3 is 1. The van der Waals surface area contributed by atoms with Gasteiger partial charge in [0.25, 0.3) is 5.56 Å². The second-order valence-electron chi connectivity index (χ2n) is 8.53. The maximum Gasteiger partial charge on any atom is 0.255 e. The normalized spacial score (nSPS) is 20.2. The van der Waals surface area contributed by atoms with Crippen molar-refractivity contribution in [1.29, 1.82) is 0 Å². The molecule has 1 N–H and O–H groups in total. The monoisotopic (exact) mass is 380 g/mol. The van der Waals surface area contributed by atoms with Crippen LogP contribution in [0.15, 0.2) is 23.0 Å². The van der Waals surface area contributed by atoms with Crippen molar-refractivity contribution in [2.75, 3.05) is 43.6 Å². The first-order valence-electron chi connectivity index (χ1n) is 10.4. The summed E-state index contributed by atoms with van der Waals surface area (Å²) < 4.78 is 5.49. The third-order valence-corrected chi connectivity index (χ3v) is 6.93. The third kappa shape index (κ3) is 2.69. The SMILES string of the molecule is COc1ccc2c(c1)C1(CCN(c3nc4c(c(=O)[nH]3)CCCC4)CC1)CN2C. The van der Waals surface area contributed by atoms with Crippen LogP contribution in [0.25, 0.3) is 0 Å². The van der Waals surface area contributed by atoms with E-state index in [1.165, 1.54) is 11.3 Å². The van der Waals surface area contributed by atoms with Gasteiger partial charge in [-0.25, -0.2) is 4.98 Å². The first-order chi connectivity index (χ1) is 13.6. The molecule has 3 heterocycles. The van der Waals surface area contributed by atoms with Crippen LogP contribution in [-0.4, -0.2) is 43.8 Å². The molecule has 6 nitrogen and oxygen atoms in total. The number of anilines is 2. The minimum atomic E-state index is 0.0654. The Kier molecular flexibility index (Phi) is 4.11. The maximum atomic E-state index is 12.5. The van der Waals surface area contributed by atoms with Crippen molar-refractivity contribution in [1.82, 2.24) is 9.97 Å². The van der Waals surface area contributed by atoms with E-state index >= 15 is 0 Å². The van der Waals surface area contributed by atoms with Gasteiger partial charge in [-0.05, 0) is 62.3 Å². The van der Waals surface area contributed by atoms with Gasteiger partial charge in [-0.2, -0.15) is 0 Å². The van der Waals surface area contributed by atoms with Crippen LogP contribution in [0.2, 0.25) is 0 Å². The fraction of sp³-hybridized carbons (Fsp3) is 0.545. The van der Waals surface area contributed by atoms with E-state index in [2.05, 4.69) is 34.0 Å². The summed E-state index contributed by atoms with van der Waals surface area (Å²) in [6, 6.07) is 6.44. The average molecular weight is 380 g/mol. The predicted octanol–water partition coefficient (Wildman–Crippen LogP) is 2.65. The summed E-state index contributed by atoms with van der Waals surface area (Å²) in [5, 5.41) is 0. The van der Waals surface area contributed by atoms with Gasteiger partial charge in [0, 0.05) is 43.3 Å². The maximum absolute atomic E-state index is 12.5. The van der Waals surface area contributed by atoms with E-state index in [0.29, 0.717) is 0 Å². The number of nitrogens with zero attached hydrogens (tertiary/aromatic N) is 3. The minimum Gasteiger partial charge on any atom is -0.497 e. The van der Waals surface area contributed by atoms with Crippen molar-refractivity contribution >= 4 is 11.6 Å². The van der Waals surface area contributed by atoms with Crippen LogP contribution in [0.1, 0.15) is 42.5 Å². The molecule has 2 aromatic rings. The number of nitrogens with one attached hydrogen (secondary N) is 1. The lowest BCUT2D eigenvalue weighted by molar-refractivity contribution is 0.348. The zero-order valence-electron chi connectivity index (χ0n) is 16.8. The summed E-state index contributed by atoms with van der Waals surface area (Å²) in [5.41, 5.74) is 4.86. The van der Waals surface area contributed by atoms with Gasteiger partial charge in [0.1, 0.15) is 5.75 Å². The molecule has 0 saturated carbocycles. The fourth-order valence-electron chi connectivity index (χ4n) is 5.34. The van der Waals surface area contributed by atoms with Crippen LogP contribution < -0.4 is 20.1 Å². The molecule has 1 spiro atoms. The molecule has 0 atom stereocenters. The number of benzene rings is 1. The lowest BCUT2D eigenvalue weighted by Crippen LogP contribution is -2.46. The summed E-state index contributed by atoms with van der Waals surface area (Å²) in [6.45, 7) is 2.86. The molecule has 28 heavy (non-hydrogen) atoms. The number of rotatable bonds is 2. The van der Waals surface area contributed by atoms with E-state index < -0.39 is 0 Å². The van der Waals surface area contributed by atoms with Gasteiger partial charge in [0.2, 0.25) is 5.95 Å². The molecule has 1 saturated heterocycles. The molecule has 1 aromatic carbocycles. The number of fused-ring (bicyclic) bond motifs is 3. The molecule has 148 valence electrons. The highest BCUT2D eigenvalue weighted by atomic mass is 16.5. The van der Waals surface area contributed by atoms with Crippen LogP contribution >= 0.6 is 0 Å².